The van der Waals surface area contributed by atoms with E-state index in [0.29, 0.717) is 25.0 Å². The Morgan fingerprint density at radius 3 is 2.69 bits per heavy atom. The van der Waals surface area contributed by atoms with E-state index in [2.05, 4.69) is 20.5 Å². The number of aryl methyl sites for hydroxylation is 1. The number of anilines is 1. The molecule has 3 rings (SSSR count). The summed E-state index contributed by atoms with van der Waals surface area (Å²) in [6.07, 6.45) is -1.52. The number of hydrogen-bond acceptors (Lipinski definition) is 7. The molecule has 1 unspecified atom stereocenters. The third-order valence-electron chi connectivity index (χ3n) is 4.64. The van der Waals surface area contributed by atoms with Crippen molar-refractivity contribution in [2.45, 2.75) is 32.0 Å². The molecule has 1 aliphatic heterocycles. The van der Waals surface area contributed by atoms with Crippen LogP contribution in [0, 0.1) is 6.92 Å². The Bertz CT molecular complexity index is 866. The molecular formula is C18H20F3N5O3. The minimum Gasteiger partial charge on any atom is -0.507 e. The quantitative estimate of drug-likeness (QED) is 0.688. The molecule has 8 nitrogen and oxygen atoms in total. The van der Waals surface area contributed by atoms with Gasteiger partial charge in [0.25, 0.3) is 0 Å². The Morgan fingerprint density at radius 1 is 1.34 bits per heavy atom. The lowest BCUT2D eigenvalue weighted by atomic mass is 10.0. The number of alkyl halides is 3. The molecule has 3 N–H and O–H groups in total. The third-order valence-corrected chi connectivity index (χ3v) is 4.64. The summed E-state index contributed by atoms with van der Waals surface area (Å²) in [6.45, 7) is 2.64. The second-order valence-corrected chi connectivity index (χ2v) is 6.96. The average Bonchev–Trinajstić information content (AvgIpc) is 2.61. The standard InChI is InChI=1S/C18H20F3N5O3/c1-10-5-11(18(19,20)21)6-13(27)16(10)17-22-7-14(24-25-17)23-12-3-2-4-26(8-12)9-15(28)29/h5-7,12,27H,2-4,8-9H2,1H3,(H,23,24)(H,28,29). The largest absolute Gasteiger partial charge is 0.507 e. The number of phenolic OH excluding ortho intramolecular Hbond substituents is 1. The van der Waals surface area contributed by atoms with E-state index in [9.17, 15) is 23.1 Å². The number of carboxylic acids is 1. The van der Waals surface area contributed by atoms with Crippen LogP contribution < -0.4 is 5.32 Å². The van der Waals surface area contributed by atoms with Crippen LogP contribution in [0.15, 0.2) is 18.3 Å². The van der Waals surface area contributed by atoms with E-state index < -0.39 is 23.5 Å². The molecule has 1 aromatic carbocycles. The Labute approximate surface area is 164 Å². The van der Waals surface area contributed by atoms with Gasteiger partial charge in [-0.1, -0.05) is 0 Å². The maximum atomic E-state index is 12.9. The van der Waals surface area contributed by atoms with Gasteiger partial charge >= 0.3 is 12.1 Å². The summed E-state index contributed by atoms with van der Waals surface area (Å²) in [5, 5.41) is 30.0. The predicted octanol–water partition coefficient (Wildman–Crippen LogP) is 2.53. The highest BCUT2D eigenvalue weighted by molar-refractivity contribution is 5.69. The van der Waals surface area contributed by atoms with Gasteiger partial charge in [0.2, 0.25) is 0 Å². The first kappa shape index (κ1) is 20.8. The van der Waals surface area contributed by atoms with Gasteiger partial charge in [0.1, 0.15) is 5.75 Å². The van der Waals surface area contributed by atoms with Gasteiger partial charge in [0.05, 0.1) is 23.9 Å². The first-order valence-corrected chi connectivity index (χ1v) is 8.95. The van der Waals surface area contributed by atoms with Crippen molar-refractivity contribution in [1.29, 1.82) is 0 Å². The number of nitrogens with one attached hydrogen (secondary N) is 1. The second kappa shape index (κ2) is 8.19. The summed E-state index contributed by atoms with van der Waals surface area (Å²) >= 11 is 0. The van der Waals surface area contributed by atoms with Crippen molar-refractivity contribution in [2.24, 2.45) is 0 Å². The van der Waals surface area contributed by atoms with Gasteiger partial charge in [-0.15, -0.1) is 10.2 Å². The summed E-state index contributed by atoms with van der Waals surface area (Å²) in [6, 6.07) is 1.53. The van der Waals surface area contributed by atoms with Gasteiger partial charge in [-0.25, -0.2) is 4.98 Å². The van der Waals surface area contributed by atoms with Crippen LogP contribution >= 0.6 is 0 Å². The fourth-order valence-electron chi connectivity index (χ4n) is 3.40. The zero-order valence-corrected chi connectivity index (χ0v) is 15.6. The van der Waals surface area contributed by atoms with Crippen LogP contribution in [0.1, 0.15) is 24.0 Å². The van der Waals surface area contributed by atoms with Crippen LogP contribution in [0.5, 0.6) is 5.75 Å². The maximum Gasteiger partial charge on any atom is 0.416 e. The molecule has 0 amide bonds. The summed E-state index contributed by atoms with van der Waals surface area (Å²) in [5.41, 5.74) is -0.690. The lowest BCUT2D eigenvalue weighted by Gasteiger charge is -2.32. The van der Waals surface area contributed by atoms with Crippen LogP contribution in [-0.4, -0.2) is 61.9 Å². The Kier molecular flexibility index (Phi) is 5.87. The molecule has 1 saturated heterocycles. The van der Waals surface area contributed by atoms with Gasteiger partial charge in [-0.05, 0) is 44.0 Å². The van der Waals surface area contributed by atoms with E-state index in [1.165, 1.54) is 13.1 Å². The van der Waals surface area contributed by atoms with Gasteiger partial charge < -0.3 is 15.5 Å². The van der Waals surface area contributed by atoms with Crippen LogP contribution in [0.2, 0.25) is 0 Å². The monoisotopic (exact) mass is 411 g/mol. The van der Waals surface area contributed by atoms with Crippen LogP contribution in [-0.2, 0) is 11.0 Å². The SMILES string of the molecule is Cc1cc(C(F)(F)F)cc(O)c1-c1ncc(NC2CCCN(CC(=O)O)C2)nn1. The van der Waals surface area contributed by atoms with E-state index in [4.69, 9.17) is 5.11 Å². The van der Waals surface area contributed by atoms with E-state index in [0.717, 1.165) is 18.9 Å². The van der Waals surface area contributed by atoms with Crippen molar-refractivity contribution in [1.82, 2.24) is 20.1 Å². The van der Waals surface area contributed by atoms with Crippen molar-refractivity contribution in [2.75, 3.05) is 25.0 Å². The number of nitrogens with zero attached hydrogens (tertiary/aromatic N) is 4. The summed E-state index contributed by atoms with van der Waals surface area (Å²) in [4.78, 5) is 16.8. The molecule has 1 atom stereocenters. The van der Waals surface area contributed by atoms with Crippen LogP contribution in [0.4, 0.5) is 19.0 Å². The molecule has 29 heavy (non-hydrogen) atoms. The molecule has 0 aliphatic carbocycles. The smallest absolute Gasteiger partial charge is 0.416 e. The topological polar surface area (TPSA) is 111 Å². The highest BCUT2D eigenvalue weighted by atomic mass is 19.4. The summed E-state index contributed by atoms with van der Waals surface area (Å²) in [7, 11) is 0. The third kappa shape index (κ3) is 5.11. The lowest BCUT2D eigenvalue weighted by Crippen LogP contribution is -2.44. The molecule has 2 heterocycles. The molecular weight excluding hydrogens is 391 g/mol. The molecule has 1 aliphatic rings. The fraction of sp³-hybridized carbons (Fsp3) is 0.444. The maximum absolute atomic E-state index is 12.9. The number of carbonyl (C=O) groups is 1. The first-order chi connectivity index (χ1) is 13.6. The second-order valence-electron chi connectivity index (χ2n) is 6.96. The number of hydrogen-bond donors (Lipinski definition) is 3. The minimum atomic E-state index is -4.57. The normalized spacial score (nSPS) is 17.9. The van der Waals surface area contributed by atoms with E-state index >= 15 is 0 Å². The van der Waals surface area contributed by atoms with Crippen molar-refractivity contribution < 1.29 is 28.2 Å². The molecule has 11 heteroatoms. The first-order valence-electron chi connectivity index (χ1n) is 8.95. The Balaban J connectivity index is 1.73. The number of aliphatic carboxylic acids is 1. The molecule has 156 valence electrons. The van der Waals surface area contributed by atoms with Crippen molar-refractivity contribution in [3.63, 3.8) is 0 Å². The highest BCUT2D eigenvalue weighted by Gasteiger charge is 2.32. The predicted molar refractivity (Wildman–Crippen MR) is 97.4 cm³/mol. The molecule has 0 radical (unpaired) electrons. The fourth-order valence-corrected chi connectivity index (χ4v) is 3.40. The Hall–Kier alpha value is -2.95. The molecule has 0 bridgehead atoms. The van der Waals surface area contributed by atoms with Gasteiger partial charge in [-0.3, -0.25) is 9.69 Å². The average molecular weight is 411 g/mol. The van der Waals surface area contributed by atoms with E-state index in [1.54, 1.807) is 0 Å². The highest BCUT2D eigenvalue weighted by Crippen LogP contribution is 2.37. The van der Waals surface area contributed by atoms with Crippen molar-refractivity contribution >= 4 is 11.8 Å². The number of benzene rings is 1. The molecule has 0 spiro atoms. The molecule has 0 saturated carbocycles. The number of rotatable bonds is 5. The number of carboxylic acid groups (broad SMARTS) is 1. The molecule has 1 aromatic heterocycles. The zero-order valence-electron chi connectivity index (χ0n) is 15.6. The summed E-state index contributed by atoms with van der Waals surface area (Å²) in [5.74, 6) is -1.09. The number of piperidine rings is 1. The number of aromatic nitrogens is 3. The van der Waals surface area contributed by atoms with Crippen LogP contribution in [0.25, 0.3) is 11.4 Å². The number of phenols is 1. The van der Waals surface area contributed by atoms with Gasteiger partial charge in [0.15, 0.2) is 11.6 Å². The zero-order chi connectivity index (χ0) is 21.2. The van der Waals surface area contributed by atoms with Crippen molar-refractivity contribution in [3.05, 3.63) is 29.5 Å². The van der Waals surface area contributed by atoms with Crippen molar-refractivity contribution in [3.8, 4) is 17.1 Å². The van der Waals surface area contributed by atoms with E-state index in [1.807, 2.05) is 4.90 Å². The van der Waals surface area contributed by atoms with Crippen LogP contribution in [0.3, 0.4) is 0 Å². The Morgan fingerprint density at radius 2 is 2.10 bits per heavy atom. The molecule has 2 aromatic rings. The number of likely N-dealkylation sites (tertiary alicyclic amines) is 1. The minimum absolute atomic E-state index is 0.00965. The summed E-state index contributed by atoms with van der Waals surface area (Å²) < 4.78 is 38.6. The lowest BCUT2D eigenvalue weighted by molar-refractivity contribution is -0.139. The number of halogens is 3. The van der Waals surface area contributed by atoms with Gasteiger partial charge in [-0.2, -0.15) is 13.2 Å². The molecule has 1 fully saturated rings. The van der Waals surface area contributed by atoms with Gasteiger partial charge in [0, 0.05) is 12.6 Å². The number of aromatic hydroxyl groups is 1. The van der Waals surface area contributed by atoms with E-state index in [-0.39, 0.29) is 29.5 Å².